The van der Waals surface area contributed by atoms with E-state index in [-0.39, 0.29) is 5.60 Å². The molecule has 2 aliphatic rings. The predicted octanol–water partition coefficient (Wildman–Crippen LogP) is 1.56. The highest BCUT2D eigenvalue weighted by atomic mass is 16.5. The first kappa shape index (κ1) is 11.2. The zero-order valence-electron chi connectivity index (χ0n) is 10.5. The number of rotatable bonds is 3. The van der Waals surface area contributed by atoms with Gasteiger partial charge in [-0.15, -0.1) is 0 Å². The van der Waals surface area contributed by atoms with E-state index in [0.717, 1.165) is 38.0 Å². The van der Waals surface area contributed by atoms with Crippen LogP contribution in [0.15, 0.2) is 4.52 Å². The van der Waals surface area contributed by atoms with Crippen LogP contribution in [0.4, 0.5) is 0 Å². The Morgan fingerprint density at radius 1 is 1.41 bits per heavy atom. The molecule has 0 N–H and O–H groups in total. The van der Waals surface area contributed by atoms with Crippen LogP contribution in [-0.4, -0.2) is 40.3 Å². The fraction of sp³-hybridized carbons (Fsp3) is 0.833. The van der Waals surface area contributed by atoms with Gasteiger partial charge in [0.2, 0.25) is 5.89 Å². The normalized spacial score (nSPS) is 25.1. The predicted molar refractivity (Wildman–Crippen MR) is 61.6 cm³/mol. The van der Waals surface area contributed by atoms with Crippen LogP contribution in [0.5, 0.6) is 0 Å². The van der Waals surface area contributed by atoms with E-state index in [4.69, 9.17) is 9.26 Å². The quantitative estimate of drug-likeness (QED) is 0.798. The summed E-state index contributed by atoms with van der Waals surface area (Å²) in [7, 11) is 0. The molecule has 0 bridgehead atoms. The van der Waals surface area contributed by atoms with Crippen molar-refractivity contribution >= 4 is 0 Å². The zero-order chi connectivity index (χ0) is 11.9. The third kappa shape index (κ3) is 2.66. The molecule has 2 fully saturated rings. The SMILES string of the molecule is CC1(C)CN(Cc2noc(C3CC3)n2)CCO1. The molecule has 1 aliphatic heterocycles. The Labute approximate surface area is 101 Å². The number of aromatic nitrogens is 2. The number of morpholine rings is 1. The monoisotopic (exact) mass is 237 g/mol. The first-order valence-electron chi connectivity index (χ1n) is 6.31. The minimum Gasteiger partial charge on any atom is -0.373 e. The van der Waals surface area contributed by atoms with E-state index < -0.39 is 0 Å². The molecule has 0 unspecified atom stereocenters. The Morgan fingerprint density at radius 2 is 2.24 bits per heavy atom. The van der Waals surface area contributed by atoms with E-state index >= 15 is 0 Å². The lowest BCUT2D eigenvalue weighted by atomic mass is 10.1. The highest BCUT2D eigenvalue weighted by Crippen LogP contribution is 2.38. The van der Waals surface area contributed by atoms with Gasteiger partial charge in [-0.25, -0.2) is 0 Å². The van der Waals surface area contributed by atoms with Gasteiger partial charge in [0.1, 0.15) is 0 Å². The first-order valence-corrected chi connectivity index (χ1v) is 6.31. The van der Waals surface area contributed by atoms with E-state index in [2.05, 4.69) is 28.9 Å². The molecule has 0 atom stereocenters. The van der Waals surface area contributed by atoms with Gasteiger partial charge in [0, 0.05) is 19.0 Å². The van der Waals surface area contributed by atoms with Gasteiger partial charge in [0.05, 0.1) is 18.8 Å². The Balaban J connectivity index is 1.61. The number of hydrogen-bond donors (Lipinski definition) is 0. The molecule has 5 nitrogen and oxygen atoms in total. The number of hydrogen-bond acceptors (Lipinski definition) is 5. The van der Waals surface area contributed by atoms with Crippen molar-refractivity contribution in [3.05, 3.63) is 11.7 Å². The molecule has 2 heterocycles. The smallest absolute Gasteiger partial charge is 0.229 e. The molecule has 0 spiro atoms. The van der Waals surface area contributed by atoms with Crippen LogP contribution in [0, 0.1) is 0 Å². The Morgan fingerprint density at radius 3 is 2.94 bits per heavy atom. The first-order chi connectivity index (χ1) is 8.12. The fourth-order valence-electron chi connectivity index (χ4n) is 2.28. The maximum atomic E-state index is 5.68. The summed E-state index contributed by atoms with van der Waals surface area (Å²) >= 11 is 0. The van der Waals surface area contributed by atoms with Gasteiger partial charge in [0.15, 0.2) is 5.82 Å². The van der Waals surface area contributed by atoms with Crippen molar-refractivity contribution in [3.63, 3.8) is 0 Å². The van der Waals surface area contributed by atoms with Crippen molar-refractivity contribution in [2.45, 2.75) is 44.8 Å². The molecule has 5 heteroatoms. The molecule has 0 amide bonds. The summed E-state index contributed by atoms with van der Waals surface area (Å²) in [5.41, 5.74) is -0.0681. The van der Waals surface area contributed by atoms with Crippen molar-refractivity contribution in [2.75, 3.05) is 19.7 Å². The van der Waals surface area contributed by atoms with Crippen LogP contribution < -0.4 is 0 Å². The van der Waals surface area contributed by atoms with Crippen molar-refractivity contribution in [3.8, 4) is 0 Å². The maximum absolute atomic E-state index is 5.68. The Kier molecular flexibility index (Phi) is 2.67. The lowest BCUT2D eigenvalue weighted by molar-refractivity contribution is -0.0888. The van der Waals surface area contributed by atoms with E-state index in [1.807, 2.05) is 0 Å². The molecule has 17 heavy (non-hydrogen) atoms. The van der Waals surface area contributed by atoms with Crippen molar-refractivity contribution in [2.24, 2.45) is 0 Å². The molecule has 1 aliphatic carbocycles. The zero-order valence-corrected chi connectivity index (χ0v) is 10.5. The van der Waals surface area contributed by atoms with Crippen LogP contribution in [0.1, 0.15) is 44.3 Å². The molecule has 1 aromatic rings. The van der Waals surface area contributed by atoms with E-state index in [1.165, 1.54) is 12.8 Å². The van der Waals surface area contributed by atoms with Crippen LogP contribution in [-0.2, 0) is 11.3 Å². The van der Waals surface area contributed by atoms with E-state index in [9.17, 15) is 0 Å². The van der Waals surface area contributed by atoms with E-state index in [0.29, 0.717) is 5.92 Å². The average Bonchev–Trinajstić information content (AvgIpc) is 2.99. The van der Waals surface area contributed by atoms with Crippen LogP contribution in [0.2, 0.25) is 0 Å². The molecular weight excluding hydrogens is 218 g/mol. The van der Waals surface area contributed by atoms with E-state index in [1.54, 1.807) is 0 Å². The minimum atomic E-state index is -0.0681. The second-order valence-electron chi connectivity index (χ2n) is 5.64. The summed E-state index contributed by atoms with van der Waals surface area (Å²) in [5.74, 6) is 2.18. The Hall–Kier alpha value is -0.940. The summed E-state index contributed by atoms with van der Waals surface area (Å²) in [5, 5.41) is 4.05. The van der Waals surface area contributed by atoms with Gasteiger partial charge in [-0.1, -0.05) is 5.16 Å². The summed E-state index contributed by atoms with van der Waals surface area (Å²) in [6.07, 6.45) is 2.40. The molecule has 1 saturated carbocycles. The molecular formula is C12H19N3O2. The molecule has 94 valence electrons. The van der Waals surface area contributed by atoms with Crippen LogP contribution >= 0.6 is 0 Å². The molecule has 3 rings (SSSR count). The van der Waals surface area contributed by atoms with Gasteiger partial charge < -0.3 is 9.26 Å². The fourth-order valence-corrected chi connectivity index (χ4v) is 2.28. The summed E-state index contributed by atoms with van der Waals surface area (Å²) in [6, 6.07) is 0. The van der Waals surface area contributed by atoms with Gasteiger partial charge in [0.25, 0.3) is 0 Å². The van der Waals surface area contributed by atoms with Crippen LogP contribution in [0.25, 0.3) is 0 Å². The largest absolute Gasteiger partial charge is 0.373 e. The third-order valence-electron chi connectivity index (χ3n) is 3.28. The van der Waals surface area contributed by atoms with Gasteiger partial charge in [-0.3, -0.25) is 4.90 Å². The molecule has 0 aromatic carbocycles. The number of ether oxygens (including phenoxy) is 1. The van der Waals surface area contributed by atoms with Crippen LogP contribution in [0.3, 0.4) is 0 Å². The lowest BCUT2D eigenvalue weighted by Gasteiger charge is -2.37. The van der Waals surface area contributed by atoms with Gasteiger partial charge >= 0.3 is 0 Å². The second-order valence-corrected chi connectivity index (χ2v) is 5.64. The minimum absolute atomic E-state index is 0.0681. The standard InChI is InChI=1S/C12H19N3O2/c1-12(2)8-15(5-6-16-12)7-10-13-11(17-14-10)9-3-4-9/h9H,3-8H2,1-2H3. The number of nitrogens with zero attached hydrogens (tertiary/aromatic N) is 3. The van der Waals surface area contributed by atoms with Gasteiger partial charge in [-0.2, -0.15) is 4.98 Å². The van der Waals surface area contributed by atoms with Crippen molar-refractivity contribution in [1.82, 2.24) is 15.0 Å². The third-order valence-corrected chi connectivity index (χ3v) is 3.28. The molecule has 0 radical (unpaired) electrons. The second kappa shape index (κ2) is 4.07. The summed E-state index contributed by atoms with van der Waals surface area (Å²) in [4.78, 5) is 6.78. The Bertz CT molecular complexity index is 398. The lowest BCUT2D eigenvalue weighted by Crippen LogP contribution is -2.47. The summed E-state index contributed by atoms with van der Waals surface area (Å²) in [6.45, 7) is 7.64. The summed E-state index contributed by atoms with van der Waals surface area (Å²) < 4.78 is 10.9. The highest BCUT2D eigenvalue weighted by molar-refractivity contribution is 5.01. The molecule has 1 saturated heterocycles. The average molecular weight is 237 g/mol. The molecule has 1 aromatic heterocycles. The highest BCUT2D eigenvalue weighted by Gasteiger charge is 2.31. The van der Waals surface area contributed by atoms with Crippen molar-refractivity contribution in [1.29, 1.82) is 0 Å². The topological polar surface area (TPSA) is 51.4 Å². The van der Waals surface area contributed by atoms with Gasteiger partial charge in [-0.05, 0) is 26.7 Å². The maximum Gasteiger partial charge on any atom is 0.229 e. The van der Waals surface area contributed by atoms with Crippen molar-refractivity contribution < 1.29 is 9.26 Å².